The van der Waals surface area contributed by atoms with Gasteiger partial charge < -0.3 is 5.32 Å². The number of amides is 1. The molecule has 1 amide bonds. The lowest BCUT2D eigenvalue weighted by Gasteiger charge is -2.21. The SMILES string of the molecule is N#CC1(NC(=O)CSc2nc3c(n2-c2ccccc2)CCCC3)CCCC1. The molecule has 27 heavy (non-hydrogen) atoms. The number of thioether (sulfide) groups is 1. The third-order valence-electron chi connectivity index (χ3n) is 5.50. The minimum atomic E-state index is -0.661. The van der Waals surface area contributed by atoms with E-state index in [2.05, 4.69) is 28.1 Å². The zero-order valence-corrected chi connectivity index (χ0v) is 16.2. The maximum Gasteiger partial charge on any atom is 0.231 e. The van der Waals surface area contributed by atoms with E-state index in [4.69, 9.17) is 4.98 Å². The Morgan fingerprint density at radius 1 is 1.19 bits per heavy atom. The minimum Gasteiger partial charge on any atom is -0.337 e. The summed E-state index contributed by atoms with van der Waals surface area (Å²) in [7, 11) is 0. The second kappa shape index (κ2) is 7.77. The quantitative estimate of drug-likeness (QED) is 0.801. The number of benzene rings is 1. The summed E-state index contributed by atoms with van der Waals surface area (Å²) in [5.74, 6) is 0.204. The highest BCUT2D eigenvalue weighted by Gasteiger charge is 2.35. The van der Waals surface area contributed by atoms with Crippen LogP contribution in [0.15, 0.2) is 35.5 Å². The van der Waals surface area contributed by atoms with Crippen LogP contribution in [-0.4, -0.2) is 26.8 Å². The van der Waals surface area contributed by atoms with Gasteiger partial charge in [0.1, 0.15) is 5.54 Å². The number of imidazole rings is 1. The predicted molar refractivity (Wildman–Crippen MR) is 106 cm³/mol. The van der Waals surface area contributed by atoms with Gasteiger partial charge in [0.2, 0.25) is 5.91 Å². The molecule has 140 valence electrons. The largest absolute Gasteiger partial charge is 0.337 e. The number of aromatic nitrogens is 2. The first-order chi connectivity index (χ1) is 13.2. The number of carbonyl (C=O) groups excluding carboxylic acids is 1. The van der Waals surface area contributed by atoms with Crippen molar-refractivity contribution in [1.29, 1.82) is 5.26 Å². The summed E-state index contributed by atoms with van der Waals surface area (Å²) >= 11 is 1.47. The molecule has 0 radical (unpaired) electrons. The molecule has 1 saturated carbocycles. The summed E-state index contributed by atoms with van der Waals surface area (Å²) in [4.78, 5) is 17.4. The molecule has 0 aliphatic heterocycles. The molecule has 5 nitrogen and oxygen atoms in total. The average Bonchev–Trinajstić information content (AvgIpc) is 3.32. The van der Waals surface area contributed by atoms with Crippen LogP contribution < -0.4 is 5.32 Å². The standard InChI is InChI=1S/C21H24N4OS/c22-15-21(12-6-7-13-21)24-19(26)14-27-20-23-17-10-4-5-11-18(17)25(20)16-8-2-1-3-9-16/h1-3,8-9H,4-7,10-14H2,(H,24,26). The van der Waals surface area contributed by atoms with Crippen LogP contribution in [0.3, 0.4) is 0 Å². The van der Waals surface area contributed by atoms with Crippen molar-refractivity contribution < 1.29 is 4.79 Å². The van der Waals surface area contributed by atoms with Gasteiger partial charge in [-0.15, -0.1) is 0 Å². The van der Waals surface area contributed by atoms with E-state index in [1.54, 1.807) is 0 Å². The zero-order valence-electron chi connectivity index (χ0n) is 15.4. The Labute approximate surface area is 164 Å². The Hall–Kier alpha value is -2.26. The molecule has 1 fully saturated rings. The lowest BCUT2D eigenvalue weighted by atomic mass is 10.0. The number of carbonyl (C=O) groups is 1. The molecule has 4 rings (SSSR count). The fourth-order valence-corrected chi connectivity index (χ4v) is 4.98. The van der Waals surface area contributed by atoms with Gasteiger partial charge in [0, 0.05) is 11.4 Å². The summed E-state index contributed by atoms with van der Waals surface area (Å²) in [5, 5.41) is 13.3. The molecule has 1 N–H and O–H groups in total. The van der Waals surface area contributed by atoms with Gasteiger partial charge in [-0.3, -0.25) is 9.36 Å². The fourth-order valence-electron chi connectivity index (χ4n) is 4.13. The average molecular weight is 381 g/mol. The summed E-state index contributed by atoms with van der Waals surface area (Å²) in [6.45, 7) is 0. The molecule has 2 aliphatic carbocycles. The van der Waals surface area contributed by atoms with Crippen molar-refractivity contribution in [1.82, 2.24) is 14.9 Å². The number of nitrogens with one attached hydrogen (secondary N) is 1. The smallest absolute Gasteiger partial charge is 0.231 e. The van der Waals surface area contributed by atoms with E-state index in [1.165, 1.54) is 30.3 Å². The number of fused-ring (bicyclic) bond motifs is 1. The van der Waals surface area contributed by atoms with Crippen molar-refractivity contribution in [2.24, 2.45) is 0 Å². The number of aryl methyl sites for hydroxylation is 1. The maximum absolute atomic E-state index is 12.5. The molecule has 1 heterocycles. The summed E-state index contributed by atoms with van der Waals surface area (Å²) < 4.78 is 2.21. The first-order valence-electron chi connectivity index (χ1n) is 9.72. The molecule has 1 aromatic carbocycles. The highest BCUT2D eigenvalue weighted by atomic mass is 32.2. The van der Waals surface area contributed by atoms with Crippen molar-refractivity contribution >= 4 is 17.7 Å². The number of hydrogen-bond acceptors (Lipinski definition) is 4. The third kappa shape index (κ3) is 3.74. The third-order valence-corrected chi connectivity index (χ3v) is 6.44. The van der Waals surface area contributed by atoms with Crippen LogP contribution in [-0.2, 0) is 17.6 Å². The van der Waals surface area contributed by atoms with E-state index < -0.39 is 5.54 Å². The molecular formula is C21H24N4OS. The van der Waals surface area contributed by atoms with Crippen LogP contribution in [0.5, 0.6) is 0 Å². The number of nitrogens with zero attached hydrogens (tertiary/aromatic N) is 3. The van der Waals surface area contributed by atoms with Crippen LogP contribution in [0.25, 0.3) is 5.69 Å². The highest BCUT2D eigenvalue weighted by Crippen LogP contribution is 2.32. The topological polar surface area (TPSA) is 70.7 Å². The van der Waals surface area contributed by atoms with Crippen LogP contribution in [0.4, 0.5) is 0 Å². The van der Waals surface area contributed by atoms with Gasteiger partial charge in [0.05, 0.1) is 17.5 Å². The first kappa shape index (κ1) is 18.1. The molecule has 1 aromatic heterocycles. The van der Waals surface area contributed by atoms with E-state index in [0.717, 1.165) is 55.1 Å². The molecule has 0 spiro atoms. The molecule has 2 aromatic rings. The van der Waals surface area contributed by atoms with Gasteiger partial charge >= 0.3 is 0 Å². The number of rotatable bonds is 5. The van der Waals surface area contributed by atoms with Crippen LogP contribution in [0.2, 0.25) is 0 Å². The van der Waals surface area contributed by atoms with Crippen molar-refractivity contribution in [3.05, 3.63) is 41.7 Å². The normalized spacial score (nSPS) is 17.9. The van der Waals surface area contributed by atoms with Crippen LogP contribution in [0.1, 0.15) is 49.9 Å². The van der Waals surface area contributed by atoms with E-state index in [0.29, 0.717) is 0 Å². The van der Waals surface area contributed by atoms with E-state index in [1.807, 2.05) is 18.2 Å². The Morgan fingerprint density at radius 3 is 2.67 bits per heavy atom. The Bertz CT molecular complexity index is 862. The maximum atomic E-state index is 12.5. The lowest BCUT2D eigenvalue weighted by Crippen LogP contribution is -2.45. The Kier molecular flexibility index (Phi) is 5.22. The molecule has 0 saturated heterocycles. The van der Waals surface area contributed by atoms with Gasteiger partial charge in [-0.25, -0.2) is 4.98 Å². The van der Waals surface area contributed by atoms with E-state index >= 15 is 0 Å². The molecule has 6 heteroatoms. The zero-order chi connectivity index (χ0) is 18.7. The predicted octanol–water partition coefficient (Wildman–Crippen LogP) is 3.80. The molecule has 0 unspecified atom stereocenters. The van der Waals surface area contributed by atoms with Gasteiger partial charge in [-0.1, -0.05) is 30.0 Å². The molecular weight excluding hydrogens is 356 g/mol. The van der Waals surface area contributed by atoms with Gasteiger partial charge in [0.15, 0.2) is 5.16 Å². The van der Waals surface area contributed by atoms with E-state index in [9.17, 15) is 10.1 Å². The molecule has 0 atom stereocenters. The summed E-state index contributed by atoms with van der Waals surface area (Å²) in [6, 6.07) is 12.6. The number of para-hydroxylation sites is 1. The van der Waals surface area contributed by atoms with Gasteiger partial charge in [0.25, 0.3) is 0 Å². The van der Waals surface area contributed by atoms with Crippen molar-refractivity contribution in [2.75, 3.05) is 5.75 Å². The highest BCUT2D eigenvalue weighted by molar-refractivity contribution is 7.99. The summed E-state index contributed by atoms with van der Waals surface area (Å²) in [6.07, 6.45) is 7.92. The van der Waals surface area contributed by atoms with Crippen molar-refractivity contribution in [2.45, 2.75) is 62.1 Å². The van der Waals surface area contributed by atoms with Crippen molar-refractivity contribution in [3.8, 4) is 11.8 Å². The molecule has 2 aliphatic rings. The first-order valence-corrected chi connectivity index (χ1v) is 10.7. The van der Waals surface area contributed by atoms with E-state index in [-0.39, 0.29) is 11.7 Å². The number of hydrogen-bond donors (Lipinski definition) is 1. The van der Waals surface area contributed by atoms with Gasteiger partial charge in [-0.05, 0) is 63.5 Å². The Balaban J connectivity index is 1.53. The second-order valence-corrected chi connectivity index (χ2v) is 8.35. The lowest BCUT2D eigenvalue weighted by molar-refractivity contribution is -0.119. The van der Waals surface area contributed by atoms with Gasteiger partial charge in [-0.2, -0.15) is 5.26 Å². The fraction of sp³-hybridized carbons (Fsp3) is 0.476. The summed E-state index contributed by atoms with van der Waals surface area (Å²) in [5.41, 5.74) is 2.88. The van der Waals surface area contributed by atoms with Crippen molar-refractivity contribution in [3.63, 3.8) is 0 Å². The minimum absolute atomic E-state index is 0.0796. The van der Waals surface area contributed by atoms with Crippen LogP contribution >= 0.6 is 11.8 Å². The monoisotopic (exact) mass is 380 g/mol. The second-order valence-electron chi connectivity index (χ2n) is 7.40. The Morgan fingerprint density at radius 2 is 1.93 bits per heavy atom. The van der Waals surface area contributed by atoms with Crippen LogP contribution in [0, 0.1) is 11.3 Å². The number of nitriles is 1. The molecule has 0 bridgehead atoms.